The fourth-order valence-electron chi connectivity index (χ4n) is 2.12. The van der Waals surface area contributed by atoms with Crippen molar-refractivity contribution in [3.05, 3.63) is 62.6 Å². The fraction of sp³-hybridized carbons (Fsp3) is 0.176. The van der Waals surface area contributed by atoms with Crippen molar-refractivity contribution in [3.63, 3.8) is 0 Å². The standard InChI is InChI=1S/C17H17Cl2N3OS/c1-10-5-11(2)13(6-12(10)8-21-22-17(20)23)9-24-16-7-14(18)3-4-15(16)19/h3-8H,9H2,1-2H3,(H3,20,22,23)/b21-8+. The van der Waals surface area contributed by atoms with Gasteiger partial charge in [0.25, 0.3) is 0 Å². The van der Waals surface area contributed by atoms with E-state index in [1.807, 2.05) is 19.1 Å². The number of thioether (sulfide) groups is 1. The molecule has 24 heavy (non-hydrogen) atoms. The maximum Gasteiger partial charge on any atom is 0.332 e. The minimum absolute atomic E-state index is 0.660. The van der Waals surface area contributed by atoms with Gasteiger partial charge in [-0.3, -0.25) is 0 Å². The van der Waals surface area contributed by atoms with Gasteiger partial charge in [0.1, 0.15) is 0 Å². The summed E-state index contributed by atoms with van der Waals surface area (Å²) in [7, 11) is 0. The molecule has 0 radical (unpaired) electrons. The quantitative estimate of drug-likeness (QED) is 0.439. The molecule has 0 aliphatic heterocycles. The van der Waals surface area contributed by atoms with Gasteiger partial charge in [-0.25, -0.2) is 10.2 Å². The van der Waals surface area contributed by atoms with Gasteiger partial charge in [0.15, 0.2) is 0 Å². The summed E-state index contributed by atoms with van der Waals surface area (Å²) < 4.78 is 0. The Kier molecular flexibility index (Phi) is 6.54. The van der Waals surface area contributed by atoms with Crippen LogP contribution in [0.25, 0.3) is 0 Å². The molecule has 3 N–H and O–H groups in total. The molecule has 0 heterocycles. The average Bonchev–Trinajstić information content (AvgIpc) is 2.51. The van der Waals surface area contributed by atoms with Crippen LogP contribution in [0.1, 0.15) is 22.3 Å². The van der Waals surface area contributed by atoms with Gasteiger partial charge in [0.2, 0.25) is 0 Å². The second-order valence-electron chi connectivity index (χ2n) is 5.23. The summed E-state index contributed by atoms with van der Waals surface area (Å²) in [6.07, 6.45) is 1.58. The van der Waals surface area contributed by atoms with Gasteiger partial charge >= 0.3 is 6.03 Å². The molecular weight excluding hydrogens is 365 g/mol. The molecular formula is C17H17Cl2N3OS. The second kappa shape index (κ2) is 8.42. The van der Waals surface area contributed by atoms with Gasteiger partial charge < -0.3 is 5.73 Å². The van der Waals surface area contributed by atoms with E-state index < -0.39 is 6.03 Å². The molecule has 0 bridgehead atoms. The van der Waals surface area contributed by atoms with E-state index in [-0.39, 0.29) is 0 Å². The Bertz CT molecular complexity index is 794. The number of nitrogens with two attached hydrogens (primary N) is 1. The van der Waals surface area contributed by atoms with Crippen LogP contribution < -0.4 is 11.2 Å². The van der Waals surface area contributed by atoms with Gasteiger partial charge in [-0.15, -0.1) is 11.8 Å². The van der Waals surface area contributed by atoms with Crippen molar-refractivity contribution in [2.45, 2.75) is 24.5 Å². The highest BCUT2D eigenvalue weighted by atomic mass is 35.5. The Morgan fingerprint density at radius 2 is 2.00 bits per heavy atom. The lowest BCUT2D eigenvalue weighted by Gasteiger charge is -2.11. The number of halogens is 2. The predicted molar refractivity (Wildman–Crippen MR) is 102 cm³/mol. The van der Waals surface area contributed by atoms with Crippen molar-refractivity contribution in [1.82, 2.24) is 5.43 Å². The van der Waals surface area contributed by atoms with Gasteiger partial charge in [0.05, 0.1) is 11.2 Å². The molecule has 2 amide bonds. The molecule has 0 aliphatic rings. The largest absolute Gasteiger partial charge is 0.350 e. The Labute approximate surface area is 155 Å². The Morgan fingerprint density at radius 3 is 2.71 bits per heavy atom. The third-order valence-electron chi connectivity index (χ3n) is 3.38. The smallest absolute Gasteiger partial charge is 0.332 e. The summed E-state index contributed by atoms with van der Waals surface area (Å²) in [6.45, 7) is 4.05. The highest BCUT2D eigenvalue weighted by Gasteiger charge is 2.07. The summed E-state index contributed by atoms with van der Waals surface area (Å²) >= 11 is 13.8. The molecule has 0 aromatic heterocycles. The first-order chi connectivity index (χ1) is 11.4. The number of benzene rings is 2. The Balaban J connectivity index is 2.19. The van der Waals surface area contributed by atoms with Gasteiger partial charge in [-0.2, -0.15) is 5.10 Å². The zero-order valence-corrected chi connectivity index (χ0v) is 15.6. The number of hydrogen-bond acceptors (Lipinski definition) is 3. The normalized spacial score (nSPS) is 11.0. The minimum Gasteiger partial charge on any atom is -0.350 e. The van der Waals surface area contributed by atoms with E-state index in [1.54, 1.807) is 30.1 Å². The second-order valence-corrected chi connectivity index (χ2v) is 7.09. The van der Waals surface area contributed by atoms with Crippen LogP contribution in [0.5, 0.6) is 0 Å². The van der Waals surface area contributed by atoms with Crippen LogP contribution in [0.15, 0.2) is 40.3 Å². The van der Waals surface area contributed by atoms with Crippen LogP contribution in [0.4, 0.5) is 4.79 Å². The van der Waals surface area contributed by atoms with E-state index >= 15 is 0 Å². The maximum atomic E-state index is 10.7. The van der Waals surface area contributed by atoms with Crippen LogP contribution in [-0.4, -0.2) is 12.2 Å². The van der Waals surface area contributed by atoms with E-state index in [9.17, 15) is 4.79 Å². The van der Waals surface area contributed by atoms with Crippen molar-refractivity contribution in [2.75, 3.05) is 0 Å². The zero-order chi connectivity index (χ0) is 17.7. The molecule has 0 saturated carbocycles. The van der Waals surface area contributed by atoms with Crippen LogP contribution in [0, 0.1) is 13.8 Å². The van der Waals surface area contributed by atoms with Gasteiger partial charge in [0, 0.05) is 15.7 Å². The lowest BCUT2D eigenvalue weighted by Crippen LogP contribution is -2.24. The number of nitrogens with zero attached hydrogens (tertiary/aromatic N) is 1. The number of primary amides is 1. The van der Waals surface area contributed by atoms with Crippen molar-refractivity contribution >= 4 is 47.2 Å². The molecule has 0 fully saturated rings. The number of urea groups is 1. The molecule has 2 rings (SSSR count). The highest BCUT2D eigenvalue weighted by Crippen LogP contribution is 2.33. The van der Waals surface area contributed by atoms with Crippen molar-refractivity contribution in [2.24, 2.45) is 10.8 Å². The molecule has 0 atom stereocenters. The summed E-state index contributed by atoms with van der Waals surface area (Å²) in [4.78, 5) is 11.6. The van der Waals surface area contributed by atoms with Crippen molar-refractivity contribution < 1.29 is 4.79 Å². The highest BCUT2D eigenvalue weighted by molar-refractivity contribution is 7.98. The lowest BCUT2D eigenvalue weighted by atomic mass is 10.0. The van der Waals surface area contributed by atoms with Crippen molar-refractivity contribution in [1.29, 1.82) is 0 Å². The average molecular weight is 382 g/mol. The van der Waals surface area contributed by atoms with Gasteiger partial charge in [-0.05, 0) is 60.4 Å². The number of aryl methyl sites for hydroxylation is 2. The zero-order valence-electron chi connectivity index (χ0n) is 13.3. The first-order valence-electron chi connectivity index (χ1n) is 7.13. The number of amides is 2. The van der Waals surface area contributed by atoms with Crippen LogP contribution in [0.2, 0.25) is 10.0 Å². The lowest BCUT2D eigenvalue weighted by molar-refractivity contribution is 0.249. The number of nitrogens with one attached hydrogen (secondary N) is 1. The molecule has 2 aromatic carbocycles. The third-order valence-corrected chi connectivity index (χ3v) is 5.16. The molecule has 0 spiro atoms. The van der Waals surface area contributed by atoms with Crippen LogP contribution >= 0.6 is 35.0 Å². The summed E-state index contributed by atoms with van der Waals surface area (Å²) in [5, 5.41) is 5.16. The number of carbonyl (C=O) groups excluding carboxylic acids is 1. The molecule has 2 aromatic rings. The Hall–Kier alpha value is -1.69. The number of carbonyl (C=O) groups is 1. The maximum absolute atomic E-state index is 10.7. The molecule has 0 unspecified atom stereocenters. The van der Waals surface area contributed by atoms with E-state index in [2.05, 4.69) is 23.5 Å². The summed E-state index contributed by atoms with van der Waals surface area (Å²) in [5.74, 6) is 0.746. The third kappa shape index (κ3) is 5.16. The first kappa shape index (κ1) is 18.6. The molecule has 4 nitrogen and oxygen atoms in total. The van der Waals surface area contributed by atoms with E-state index in [0.29, 0.717) is 10.0 Å². The number of hydrogen-bond donors (Lipinski definition) is 2. The molecule has 0 saturated heterocycles. The monoisotopic (exact) mass is 381 g/mol. The summed E-state index contributed by atoms with van der Waals surface area (Å²) in [6, 6.07) is 8.86. The fourth-order valence-corrected chi connectivity index (χ4v) is 3.68. The predicted octanol–water partition coefficient (Wildman–Crippen LogP) is 4.90. The molecule has 126 valence electrons. The van der Waals surface area contributed by atoms with Gasteiger partial charge in [-0.1, -0.05) is 29.3 Å². The minimum atomic E-state index is -0.692. The number of hydrazone groups is 1. The SMILES string of the molecule is Cc1cc(C)c(CSc2cc(Cl)ccc2Cl)cc1/C=N/NC(N)=O. The van der Waals surface area contributed by atoms with E-state index in [4.69, 9.17) is 28.9 Å². The van der Waals surface area contributed by atoms with E-state index in [1.165, 1.54) is 5.56 Å². The van der Waals surface area contributed by atoms with Crippen molar-refractivity contribution in [3.8, 4) is 0 Å². The molecule has 7 heteroatoms. The summed E-state index contributed by atoms with van der Waals surface area (Å²) in [5.41, 5.74) is 11.5. The first-order valence-corrected chi connectivity index (χ1v) is 8.87. The number of rotatable bonds is 5. The topological polar surface area (TPSA) is 67.5 Å². The van der Waals surface area contributed by atoms with E-state index in [0.717, 1.165) is 27.3 Å². The van der Waals surface area contributed by atoms with Crippen LogP contribution in [-0.2, 0) is 5.75 Å². The Morgan fingerprint density at radius 1 is 1.25 bits per heavy atom. The molecule has 0 aliphatic carbocycles. The van der Waals surface area contributed by atoms with Crippen LogP contribution in [0.3, 0.4) is 0 Å².